The van der Waals surface area contributed by atoms with Gasteiger partial charge in [0.15, 0.2) is 0 Å². The molecule has 1 fully saturated rings. The monoisotopic (exact) mass is 380 g/mol. The Morgan fingerprint density at radius 2 is 2.07 bits per heavy atom. The maximum Gasteiger partial charge on any atom is 0.274 e. The number of aromatic nitrogens is 4. The highest BCUT2D eigenvalue weighted by atomic mass is 16.2. The number of nitrogens with one attached hydrogen (secondary N) is 1. The molecule has 28 heavy (non-hydrogen) atoms. The first-order valence-electron chi connectivity index (χ1n) is 9.84. The molecule has 1 unspecified atom stereocenters. The van der Waals surface area contributed by atoms with Crippen LogP contribution < -0.4 is 0 Å². The van der Waals surface area contributed by atoms with Gasteiger partial charge in [-0.05, 0) is 69.6 Å². The number of carbonyl (C=O) groups is 1. The molecule has 1 N–H and O–H groups in total. The van der Waals surface area contributed by atoms with Crippen LogP contribution in [0.4, 0.5) is 0 Å². The van der Waals surface area contributed by atoms with E-state index >= 15 is 0 Å². The second-order valence-corrected chi connectivity index (χ2v) is 8.04. The highest BCUT2D eigenvalue weighted by Crippen LogP contribution is 2.20. The number of nitrogens with zero attached hydrogens (tertiary/aromatic N) is 5. The molecule has 2 aromatic heterocycles. The third-order valence-corrected chi connectivity index (χ3v) is 5.93. The number of rotatable bonds is 5. The van der Waals surface area contributed by atoms with E-state index in [4.69, 9.17) is 0 Å². The Kier molecular flexibility index (Phi) is 4.93. The van der Waals surface area contributed by atoms with Crippen molar-refractivity contribution in [2.45, 2.75) is 39.3 Å². The number of likely N-dealkylation sites (tertiary alicyclic amines) is 1. The number of aryl methyl sites for hydroxylation is 2. The highest BCUT2D eigenvalue weighted by Gasteiger charge is 2.25. The number of aromatic amines is 1. The van der Waals surface area contributed by atoms with E-state index < -0.39 is 0 Å². The first-order chi connectivity index (χ1) is 13.4. The van der Waals surface area contributed by atoms with Crippen molar-refractivity contribution in [2.24, 2.45) is 0 Å². The molecule has 1 amide bonds. The molecular formula is C21H28N6O. The van der Waals surface area contributed by atoms with Gasteiger partial charge in [0.2, 0.25) is 0 Å². The lowest BCUT2D eigenvalue weighted by atomic mass is 10.1. The molecule has 3 heterocycles. The van der Waals surface area contributed by atoms with Crippen LogP contribution in [0.25, 0.3) is 11.0 Å². The van der Waals surface area contributed by atoms with E-state index in [1.54, 1.807) is 4.90 Å². The lowest BCUT2D eigenvalue weighted by molar-refractivity contribution is 0.0755. The molecule has 4 rings (SSSR count). The van der Waals surface area contributed by atoms with Crippen LogP contribution in [0.2, 0.25) is 0 Å². The topological polar surface area (TPSA) is 70.1 Å². The zero-order valence-corrected chi connectivity index (χ0v) is 17.1. The zero-order valence-electron chi connectivity index (χ0n) is 17.1. The van der Waals surface area contributed by atoms with Crippen LogP contribution in [0.1, 0.15) is 40.2 Å². The fourth-order valence-corrected chi connectivity index (χ4v) is 3.98. The quantitative estimate of drug-likeness (QED) is 0.739. The van der Waals surface area contributed by atoms with Gasteiger partial charge in [0.25, 0.3) is 5.91 Å². The number of hydrogen-bond donors (Lipinski definition) is 1. The molecule has 148 valence electrons. The standard InChI is InChI=1S/C21H28N6O/c1-14-8-18-20(9-15(14)2)27(13-22-18)11-16-10-19(24-23-16)21(28)26(4)12-17-6-5-7-25(17)3/h8-10,13,17H,5-7,11-12H2,1-4H3,(H,23,24). The normalized spacial score (nSPS) is 17.5. The van der Waals surface area contributed by atoms with Crippen molar-refractivity contribution < 1.29 is 4.79 Å². The molecular weight excluding hydrogens is 352 g/mol. The van der Waals surface area contributed by atoms with E-state index in [1.807, 2.05) is 19.4 Å². The van der Waals surface area contributed by atoms with Gasteiger partial charge >= 0.3 is 0 Å². The van der Waals surface area contributed by atoms with Gasteiger partial charge in [0.1, 0.15) is 5.69 Å². The summed E-state index contributed by atoms with van der Waals surface area (Å²) in [6.45, 7) is 6.66. The second kappa shape index (κ2) is 7.39. The summed E-state index contributed by atoms with van der Waals surface area (Å²) in [5.74, 6) is -0.0373. The van der Waals surface area contributed by atoms with Crippen molar-refractivity contribution in [2.75, 3.05) is 27.2 Å². The lowest BCUT2D eigenvalue weighted by Gasteiger charge is -2.25. The molecule has 1 saturated heterocycles. The van der Waals surface area contributed by atoms with Gasteiger partial charge in [0, 0.05) is 19.6 Å². The Labute approximate surface area is 165 Å². The third kappa shape index (κ3) is 3.54. The van der Waals surface area contributed by atoms with E-state index in [1.165, 1.54) is 17.5 Å². The highest BCUT2D eigenvalue weighted by molar-refractivity contribution is 5.92. The van der Waals surface area contributed by atoms with Crippen molar-refractivity contribution in [3.05, 3.63) is 47.0 Å². The summed E-state index contributed by atoms with van der Waals surface area (Å²) in [5, 5.41) is 7.28. The number of fused-ring (bicyclic) bond motifs is 1. The van der Waals surface area contributed by atoms with Gasteiger partial charge in [-0.15, -0.1) is 0 Å². The molecule has 1 aliphatic rings. The summed E-state index contributed by atoms with van der Waals surface area (Å²) >= 11 is 0. The van der Waals surface area contributed by atoms with Crippen LogP contribution in [0.3, 0.4) is 0 Å². The van der Waals surface area contributed by atoms with E-state index in [0.717, 1.165) is 36.2 Å². The predicted octanol–water partition coefficient (Wildman–Crippen LogP) is 2.59. The minimum absolute atomic E-state index is 0.0373. The van der Waals surface area contributed by atoms with Crippen LogP contribution in [-0.2, 0) is 6.54 Å². The van der Waals surface area contributed by atoms with E-state index in [2.05, 4.69) is 57.7 Å². The Morgan fingerprint density at radius 3 is 2.82 bits per heavy atom. The van der Waals surface area contributed by atoms with E-state index in [0.29, 0.717) is 18.3 Å². The summed E-state index contributed by atoms with van der Waals surface area (Å²) in [6, 6.07) is 6.56. The minimum Gasteiger partial charge on any atom is -0.339 e. The van der Waals surface area contributed by atoms with E-state index in [9.17, 15) is 4.79 Å². The van der Waals surface area contributed by atoms with Crippen LogP contribution in [0.15, 0.2) is 24.5 Å². The fraction of sp³-hybridized carbons (Fsp3) is 0.476. The number of hydrogen-bond acceptors (Lipinski definition) is 4. The molecule has 3 aromatic rings. The van der Waals surface area contributed by atoms with Crippen LogP contribution in [0.5, 0.6) is 0 Å². The molecule has 0 spiro atoms. The van der Waals surface area contributed by atoms with Gasteiger partial charge in [-0.2, -0.15) is 5.10 Å². The average Bonchev–Trinajstić information content (AvgIpc) is 3.38. The largest absolute Gasteiger partial charge is 0.339 e. The van der Waals surface area contributed by atoms with Crippen molar-refractivity contribution in [1.29, 1.82) is 0 Å². The summed E-state index contributed by atoms with van der Waals surface area (Å²) in [6.07, 6.45) is 4.19. The molecule has 7 heteroatoms. The van der Waals surface area contributed by atoms with Gasteiger partial charge in [0.05, 0.1) is 29.6 Å². The van der Waals surface area contributed by atoms with Gasteiger partial charge in [-0.1, -0.05) is 0 Å². The van der Waals surface area contributed by atoms with Crippen molar-refractivity contribution in [3.8, 4) is 0 Å². The third-order valence-electron chi connectivity index (χ3n) is 5.93. The maximum atomic E-state index is 12.8. The molecule has 0 aliphatic carbocycles. The predicted molar refractivity (Wildman–Crippen MR) is 110 cm³/mol. The first-order valence-corrected chi connectivity index (χ1v) is 9.84. The number of imidazole rings is 1. The molecule has 0 bridgehead atoms. The van der Waals surface area contributed by atoms with Crippen LogP contribution in [0, 0.1) is 13.8 Å². The molecule has 7 nitrogen and oxygen atoms in total. The van der Waals surface area contributed by atoms with Gasteiger partial charge in [-0.25, -0.2) is 4.98 Å². The Hall–Kier alpha value is -2.67. The number of H-pyrrole nitrogens is 1. The SMILES string of the molecule is Cc1cc2ncn(Cc3cc(C(=O)N(C)CC4CCCN4C)n[nH]3)c2cc1C. The zero-order chi connectivity index (χ0) is 19.8. The fourth-order valence-electron chi connectivity index (χ4n) is 3.98. The summed E-state index contributed by atoms with van der Waals surface area (Å²) in [7, 11) is 3.98. The Bertz CT molecular complexity index is 1000. The van der Waals surface area contributed by atoms with Crippen LogP contribution >= 0.6 is 0 Å². The van der Waals surface area contributed by atoms with Crippen molar-refractivity contribution in [3.63, 3.8) is 0 Å². The summed E-state index contributed by atoms with van der Waals surface area (Å²) < 4.78 is 2.08. The molecule has 1 aromatic carbocycles. The summed E-state index contributed by atoms with van der Waals surface area (Å²) in [5.41, 5.74) is 5.92. The molecule has 0 radical (unpaired) electrons. The van der Waals surface area contributed by atoms with Gasteiger partial charge < -0.3 is 14.4 Å². The second-order valence-electron chi connectivity index (χ2n) is 8.04. The molecule has 1 atom stereocenters. The Morgan fingerprint density at radius 1 is 1.29 bits per heavy atom. The maximum absolute atomic E-state index is 12.8. The number of carbonyl (C=O) groups excluding carboxylic acids is 1. The van der Waals surface area contributed by atoms with E-state index in [-0.39, 0.29) is 5.91 Å². The van der Waals surface area contributed by atoms with Gasteiger partial charge in [-0.3, -0.25) is 9.89 Å². The molecule has 1 aliphatic heterocycles. The number of likely N-dealkylation sites (N-methyl/N-ethyl adjacent to an activating group) is 2. The van der Waals surface area contributed by atoms with Crippen molar-refractivity contribution in [1.82, 2.24) is 29.5 Å². The average molecular weight is 380 g/mol. The lowest BCUT2D eigenvalue weighted by Crippen LogP contribution is -2.39. The smallest absolute Gasteiger partial charge is 0.274 e. The minimum atomic E-state index is -0.0373. The number of benzene rings is 1. The number of amides is 1. The Balaban J connectivity index is 1.47. The van der Waals surface area contributed by atoms with Crippen molar-refractivity contribution >= 4 is 16.9 Å². The summed E-state index contributed by atoms with van der Waals surface area (Å²) in [4.78, 5) is 21.4. The molecule has 0 saturated carbocycles. The first kappa shape index (κ1) is 18.7. The van der Waals surface area contributed by atoms with Crippen LogP contribution in [-0.4, -0.2) is 68.7 Å².